The monoisotopic (exact) mass is 388 g/mol. The van der Waals surface area contributed by atoms with Gasteiger partial charge in [-0.2, -0.15) is 0 Å². The molecule has 7 nitrogen and oxygen atoms in total. The minimum atomic E-state index is -0.409. The fourth-order valence-corrected chi connectivity index (χ4v) is 2.88. The zero-order valence-corrected chi connectivity index (χ0v) is 15.1. The molecule has 0 aliphatic heterocycles. The summed E-state index contributed by atoms with van der Waals surface area (Å²) < 4.78 is 5.05. The molecule has 0 spiro atoms. The van der Waals surface area contributed by atoms with Crippen LogP contribution in [0.2, 0.25) is 5.15 Å². The van der Waals surface area contributed by atoms with Gasteiger partial charge in [0.25, 0.3) is 11.8 Å². The number of aromatic nitrogens is 2. The average molecular weight is 389 g/mol. The molecule has 0 bridgehead atoms. The number of carbonyl (C=O) groups is 2. The number of halogens is 1. The predicted molar refractivity (Wildman–Crippen MR) is 100 cm³/mol. The van der Waals surface area contributed by atoms with E-state index in [4.69, 9.17) is 16.3 Å². The molecule has 0 aliphatic rings. The number of ether oxygens (including phenoxy) is 1. The topological polar surface area (TPSA) is 93.2 Å². The van der Waals surface area contributed by atoms with E-state index in [1.165, 1.54) is 12.3 Å². The van der Waals surface area contributed by atoms with Crippen LogP contribution in [0.25, 0.3) is 0 Å². The molecule has 0 radical (unpaired) electrons. The van der Waals surface area contributed by atoms with Crippen molar-refractivity contribution in [2.45, 2.75) is 0 Å². The number of rotatable bonds is 5. The molecule has 9 heteroatoms. The number of nitrogens with zero attached hydrogens (tertiary/aromatic N) is 2. The number of thiazole rings is 1. The van der Waals surface area contributed by atoms with Crippen molar-refractivity contribution in [2.75, 3.05) is 17.7 Å². The van der Waals surface area contributed by atoms with Crippen LogP contribution in [0.1, 0.15) is 20.8 Å². The standard InChI is InChI=1S/C17H13ClN4O3S/c1-25-12-4-2-10(3-5-12)15(23)22-17-21-13(9-26-17)16(24)20-11-6-7-19-14(18)8-11/h2-9H,1H3,(H,19,20,24)(H,21,22,23). The zero-order valence-electron chi connectivity index (χ0n) is 13.5. The first-order valence-corrected chi connectivity index (χ1v) is 8.65. The maximum atomic E-state index is 12.2. The Morgan fingerprint density at radius 1 is 1.12 bits per heavy atom. The van der Waals surface area contributed by atoms with Crippen LogP contribution in [-0.2, 0) is 0 Å². The van der Waals surface area contributed by atoms with Gasteiger partial charge in [0.1, 0.15) is 16.6 Å². The third kappa shape index (κ3) is 4.35. The lowest BCUT2D eigenvalue weighted by Crippen LogP contribution is -2.14. The normalized spacial score (nSPS) is 10.2. The molecule has 2 N–H and O–H groups in total. The first-order chi connectivity index (χ1) is 12.5. The molecule has 2 aromatic heterocycles. The summed E-state index contributed by atoms with van der Waals surface area (Å²) >= 11 is 6.94. The highest BCUT2D eigenvalue weighted by Gasteiger charge is 2.14. The van der Waals surface area contributed by atoms with Crippen molar-refractivity contribution >= 4 is 45.6 Å². The summed E-state index contributed by atoms with van der Waals surface area (Å²) in [4.78, 5) is 32.4. The number of pyridine rings is 1. The summed E-state index contributed by atoms with van der Waals surface area (Å²) in [7, 11) is 1.55. The maximum Gasteiger partial charge on any atom is 0.275 e. The summed E-state index contributed by atoms with van der Waals surface area (Å²) in [5.74, 6) is -0.0747. The summed E-state index contributed by atoms with van der Waals surface area (Å²) in [6.07, 6.45) is 1.49. The van der Waals surface area contributed by atoms with Crippen LogP contribution in [0, 0.1) is 0 Å². The Labute approximate surface area is 158 Å². The van der Waals surface area contributed by atoms with Crippen molar-refractivity contribution in [3.63, 3.8) is 0 Å². The summed E-state index contributed by atoms with van der Waals surface area (Å²) in [5.41, 5.74) is 1.15. The van der Waals surface area contributed by atoms with E-state index in [-0.39, 0.29) is 16.8 Å². The Morgan fingerprint density at radius 3 is 2.58 bits per heavy atom. The van der Waals surface area contributed by atoms with Crippen LogP contribution < -0.4 is 15.4 Å². The number of nitrogens with one attached hydrogen (secondary N) is 2. The summed E-state index contributed by atoms with van der Waals surface area (Å²) in [5, 5.41) is 7.48. The zero-order chi connectivity index (χ0) is 18.5. The minimum Gasteiger partial charge on any atom is -0.497 e. The molecule has 1 aromatic carbocycles. The highest BCUT2D eigenvalue weighted by Crippen LogP contribution is 2.19. The number of hydrogen-bond acceptors (Lipinski definition) is 6. The molecular formula is C17H13ClN4O3S. The molecule has 0 aliphatic carbocycles. The molecule has 26 heavy (non-hydrogen) atoms. The van der Waals surface area contributed by atoms with Crippen molar-refractivity contribution in [3.8, 4) is 5.75 Å². The van der Waals surface area contributed by atoms with Crippen molar-refractivity contribution < 1.29 is 14.3 Å². The summed E-state index contributed by atoms with van der Waals surface area (Å²) in [6.45, 7) is 0. The fraction of sp³-hybridized carbons (Fsp3) is 0.0588. The molecular weight excluding hydrogens is 376 g/mol. The van der Waals surface area contributed by atoms with E-state index in [1.807, 2.05) is 0 Å². The molecule has 0 saturated carbocycles. The van der Waals surface area contributed by atoms with Gasteiger partial charge in [0.15, 0.2) is 5.13 Å². The van der Waals surface area contributed by atoms with Crippen molar-refractivity contribution in [1.29, 1.82) is 0 Å². The highest BCUT2D eigenvalue weighted by atomic mass is 35.5. The van der Waals surface area contributed by atoms with Gasteiger partial charge in [0, 0.05) is 22.8 Å². The smallest absolute Gasteiger partial charge is 0.275 e. The third-order valence-corrected chi connectivity index (χ3v) is 4.26. The van der Waals surface area contributed by atoms with E-state index in [1.54, 1.807) is 42.8 Å². The van der Waals surface area contributed by atoms with E-state index in [0.717, 1.165) is 11.3 Å². The van der Waals surface area contributed by atoms with Crippen LogP contribution in [-0.4, -0.2) is 28.9 Å². The van der Waals surface area contributed by atoms with E-state index in [2.05, 4.69) is 20.6 Å². The minimum absolute atomic E-state index is 0.188. The quantitative estimate of drug-likeness (QED) is 0.650. The highest BCUT2D eigenvalue weighted by molar-refractivity contribution is 7.14. The van der Waals surface area contributed by atoms with Crippen LogP contribution in [0.15, 0.2) is 48.0 Å². The van der Waals surface area contributed by atoms with Crippen LogP contribution in [0.4, 0.5) is 10.8 Å². The van der Waals surface area contributed by atoms with E-state index >= 15 is 0 Å². The maximum absolute atomic E-state index is 12.2. The molecule has 3 aromatic rings. The van der Waals surface area contributed by atoms with Gasteiger partial charge in [0.2, 0.25) is 0 Å². The fourth-order valence-electron chi connectivity index (χ4n) is 2.02. The third-order valence-electron chi connectivity index (χ3n) is 3.29. The number of methoxy groups -OCH3 is 1. The number of benzene rings is 1. The first kappa shape index (κ1) is 17.8. The van der Waals surface area contributed by atoms with Gasteiger partial charge in [-0.1, -0.05) is 11.6 Å². The number of amides is 2. The largest absolute Gasteiger partial charge is 0.497 e. The van der Waals surface area contributed by atoms with Crippen molar-refractivity contribution in [3.05, 3.63) is 64.4 Å². The second kappa shape index (κ2) is 7.94. The van der Waals surface area contributed by atoms with Crippen LogP contribution in [0.3, 0.4) is 0 Å². The lowest BCUT2D eigenvalue weighted by Gasteiger charge is -2.04. The van der Waals surface area contributed by atoms with E-state index < -0.39 is 5.91 Å². The van der Waals surface area contributed by atoms with Gasteiger partial charge in [-0.3, -0.25) is 14.9 Å². The molecule has 2 amide bonds. The molecule has 0 fully saturated rings. The Hall–Kier alpha value is -2.97. The second-order valence-corrected chi connectivity index (χ2v) is 6.29. The molecule has 0 atom stereocenters. The van der Waals surface area contributed by atoms with Gasteiger partial charge in [-0.15, -0.1) is 11.3 Å². The van der Waals surface area contributed by atoms with E-state index in [9.17, 15) is 9.59 Å². The van der Waals surface area contributed by atoms with Gasteiger partial charge in [0.05, 0.1) is 7.11 Å². The number of hydrogen-bond donors (Lipinski definition) is 2. The molecule has 0 unspecified atom stereocenters. The Balaban J connectivity index is 1.65. The van der Waals surface area contributed by atoms with Crippen LogP contribution in [0.5, 0.6) is 5.75 Å². The number of anilines is 2. The van der Waals surface area contributed by atoms with Gasteiger partial charge < -0.3 is 10.1 Å². The predicted octanol–water partition coefficient (Wildman–Crippen LogP) is 3.70. The lowest BCUT2D eigenvalue weighted by atomic mass is 10.2. The van der Waals surface area contributed by atoms with Crippen molar-refractivity contribution in [1.82, 2.24) is 9.97 Å². The van der Waals surface area contributed by atoms with Gasteiger partial charge >= 0.3 is 0 Å². The number of carbonyl (C=O) groups excluding carboxylic acids is 2. The lowest BCUT2D eigenvalue weighted by molar-refractivity contribution is 0.101. The SMILES string of the molecule is COc1ccc(C(=O)Nc2nc(C(=O)Nc3ccnc(Cl)c3)cs2)cc1. The van der Waals surface area contributed by atoms with Crippen LogP contribution >= 0.6 is 22.9 Å². The Kier molecular flexibility index (Phi) is 5.45. The summed E-state index contributed by atoms with van der Waals surface area (Å²) in [6, 6.07) is 9.80. The first-order valence-electron chi connectivity index (χ1n) is 7.39. The average Bonchev–Trinajstić information content (AvgIpc) is 3.10. The van der Waals surface area contributed by atoms with Gasteiger partial charge in [-0.05, 0) is 36.4 Å². The molecule has 0 saturated heterocycles. The Morgan fingerprint density at radius 2 is 1.88 bits per heavy atom. The molecule has 132 valence electrons. The van der Waals surface area contributed by atoms with E-state index in [0.29, 0.717) is 22.1 Å². The molecule has 2 heterocycles. The Bertz CT molecular complexity index is 943. The van der Waals surface area contributed by atoms with Crippen molar-refractivity contribution in [2.24, 2.45) is 0 Å². The second-order valence-electron chi connectivity index (χ2n) is 5.04. The van der Waals surface area contributed by atoms with Gasteiger partial charge in [-0.25, -0.2) is 9.97 Å². The molecule has 3 rings (SSSR count).